The van der Waals surface area contributed by atoms with Gasteiger partial charge in [0.25, 0.3) is 5.91 Å². The van der Waals surface area contributed by atoms with E-state index in [9.17, 15) is 4.79 Å². The van der Waals surface area contributed by atoms with Gasteiger partial charge in [-0.05, 0) is 68.5 Å². The molecule has 4 nitrogen and oxygen atoms in total. The van der Waals surface area contributed by atoms with Crippen molar-refractivity contribution in [3.63, 3.8) is 0 Å². The summed E-state index contributed by atoms with van der Waals surface area (Å²) in [6, 6.07) is 13.4. The van der Waals surface area contributed by atoms with Crippen molar-refractivity contribution in [3.8, 4) is 0 Å². The molecule has 1 aliphatic carbocycles. The molecule has 4 heteroatoms. The third-order valence-corrected chi connectivity index (χ3v) is 6.97. The number of amides is 1. The molecular weight excluding hydrogens is 334 g/mol. The lowest BCUT2D eigenvalue weighted by Crippen LogP contribution is -2.44. The van der Waals surface area contributed by atoms with Crippen LogP contribution in [0.5, 0.6) is 0 Å². The number of likely N-dealkylation sites (tertiary alicyclic amines) is 2. The van der Waals surface area contributed by atoms with Crippen LogP contribution < -0.4 is 0 Å². The Balaban J connectivity index is 1.37. The Bertz CT molecular complexity index is 821. The number of fused-ring (bicyclic) bond motifs is 2. The van der Waals surface area contributed by atoms with Gasteiger partial charge in [0, 0.05) is 36.9 Å². The molecule has 0 radical (unpaired) electrons. The summed E-state index contributed by atoms with van der Waals surface area (Å²) < 4.78 is 0. The van der Waals surface area contributed by atoms with Gasteiger partial charge in [-0.1, -0.05) is 24.3 Å². The molecular formula is C23H27N3O. The van der Waals surface area contributed by atoms with Gasteiger partial charge < -0.3 is 4.90 Å². The van der Waals surface area contributed by atoms with Crippen molar-refractivity contribution in [2.45, 2.75) is 43.6 Å². The zero-order valence-corrected chi connectivity index (χ0v) is 15.8. The van der Waals surface area contributed by atoms with Gasteiger partial charge in [-0.15, -0.1) is 0 Å². The number of piperidine rings is 1. The Morgan fingerprint density at radius 2 is 1.78 bits per heavy atom. The van der Waals surface area contributed by atoms with Crippen LogP contribution in [0.25, 0.3) is 0 Å². The molecule has 2 fully saturated rings. The molecule has 1 amide bonds. The van der Waals surface area contributed by atoms with Gasteiger partial charge in [0.1, 0.15) is 0 Å². The molecule has 140 valence electrons. The summed E-state index contributed by atoms with van der Waals surface area (Å²) in [6.07, 6.45) is 9.43. The van der Waals surface area contributed by atoms with E-state index in [1.54, 1.807) is 23.5 Å². The summed E-state index contributed by atoms with van der Waals surface area (Å²) in [5.41, 5.74) is 4.05. The Kier molecular flexibility index (Phi) is 4.24. The van der Waals surface area contributed by atoms with E-state index in [2.05, 4.69) is 34.1 Å². The van der Waals surface area contributed by atoms with E-state index in [-0.39, 0.29) is 11.3 Å². The van der Waals surface area contributed by atoms with Gasteiger partial charge in [0.2, 0.25) is 0 Å². The third-order valence-electron chi connectivity index (χ3n) is 6.97. The standard InChI is InChI=1S/C23H27N3O/c27-22(18-6-5-11-24-17-18)26-14-9-23(10-15-26)16-21(25-12-3-4-13-25)19-7-1-2-8-20(19)23/h1-2,5-8,11,17,21H,3-4,9-10,12-16H2/t21-/m0/s1. The van der Waals surface area contributed by atoms with Gasteiger partial charge in [0.05, 0.1) is 5.56 Å². The van der Waals surface area contributed by atoms with Gasteiger partial charge in [-0.3, -0.25) is 14.7 Å². The highest BCUT2D eigenvalue weighted by Gasteiger charge is 2.47. The maximum Gasteiger partial charge on any atom is 0.255 e. The lowest BCUT2D eigenvalue weighted by atomic mass is 9.73. The molecule has 1 spiro atoms. The van der Waals surface area contributed by atoms with E-state index >= 15 is 0 Å². The van der Waals surface area contributed by atoms with E-state index in [0.29, 0.717) is 11.6 Å². The highest BCUT2D eigenvalue weighted by molar-refractivity contribution is 5.93. The Labute approximate surface area is 161 Å². The Morgan fingerprint density at radius 1 is 1.00 bits per heavy atom. The number of pyridine rings is 1. The Morgan fingerprint density at radius 3 is 2.52 bits per heavy atom. The van der Waals surface area contributed by atoms with Crippen molar-refractivity contribution in [2.24, 2.45) is 0 Å². The van der Waals surface area contributed by atoms with E-state index in [1.807, 2.05) is 17.0 Å². The minimum atomic E-state index is 0.125. The van der Waals surface area contributed by atoms with E-state index in [1.165, 1.54) is 32.4 Å². The van der Waals surface area contributed by atoms with Crippen molar-refractivity contribution in [1.29, 1.82) is 0 Å². The molecule has 0 N–H and O–H groups in total. The van der Waals surface area contributed by atoms with Gasteiger partial charge in [0.15, 0.2) is 0 Å². The number of hydrogen-bond donors (Lipinski definition) is 0. The average molecular weight is 361 g/mol. The fourth-order valence-corrected chi connectivity index (χ4v) is 5.52. The molecule has 0 saturated carbocycles. The molecule has 5 rings (SSSR count). The first-order valence-electron chi connectivity index (χ1n) is 10.3. The largest absolute Gasteiger partial charge is 0.339 e. The van der Waals surface area contributed by atoms with Gasteiger partial charge in [-0.2, -0.15) is 0 Å². The van der Waals surface area contributed by atoms with Crippen molar-refractivity contribution in [1.82, 2.24) is 14.8 Å². The molecule has 2 aliphatic heterocycles. The zero-order valence-electron chi connectivity index (χ0n) is 15.8. The summed E-state index contributed by atoms with van der Waals surface area (Å²) in [4.78, 5) is 21.6. The molecule has 1 aromatic carbocycles. The van der Waals surface area contributed by atoms with Crippen LogP contribution in [-0.2, 0) is 5.41 Å². The van der Waals surface area contributed by atoms with Crippen molar-refractivity contribution < 1.29 is 4.79 Å². The maximum atomic E-state index is 12.8. The molecule has 3 heterocycles. The number of carbonyl (C=O) groups excluding carboxylic acids is 1. The number of rotatable bonds is 2. The van der Waals surface area contributed by atoms with Crippen LogP contribution in [0.3, 0.4) is 0 Å². The van der Waals surface area contributed by atoms with Crippen molar-refractivity contribution in [2.75, 3.05) is 26.2 Å². The quantitative estimate of drug-likeness (QED) is 0.816. The summed E-state index contributed by atoms with van der Waals surface area (Å²) in [5.74, 6) is 0.125. The lowest BCUT2D eigenvalue weighted by molar-refractivity contribution is 0.0649. The second-order valence-electron chi connectivity index (χ2n) is 8.36. The topological polar surface area (TPSA) is 36.4 Å². The van der Waals surface area contributed by atoms with Crippen LogP contribution in [0.4, 0.5) is 0 Å². The summed E-state index contributed by atoms with van der Waals surface area (Å²) in [5, 5.41) is 0. The average Bonchev–Trinajstić information content (AvgIpc) is 3.36. The van der Waals surface area contributed by atoms with Gasteiger partial charge >= 0.3 is 0 Å². The highest BCUT2D eigenvalue weighted by atomic mass is 16.2. The summed E-state index contributed by atoms with van der Waals surface area (Å²) in [7, 11) is 0. The SMILES string of the molecule is O=C(c1cccnc1)N1CCC2(CC1)C[C@H](N1CCCC1)c1ccccc12. The monoisotopic (exact) mass is 361 g/mol. The molecule has 2 aromatic rings. The zero-order chi connectivity index (χ0) is 18.3. The van der Waals surface area contributed by atoms with E-state index in [0.717, 1.165) is 25.9 Å². The third kappa shape index (κ3) is 2.87. The molecule has 27 heavy (non-hydrogen) atoms. The number of benzene rings is 1. The molecule has 1 atom stereocenters. The van der Waals surface area contributed by atoms with Crippen LogP contribution in [0, 0.1) is 0 Å². The van der Waals surface area contributed by atoms with Crippen molar-refractivity contribution in [3.05, 3.63) is 65.5 Å². The number of nitrogens with zero attached hydrogens (tertiary/aromatic N) is 3. The molecule has 0 bridgehead atoms. The van der Waals surface area contributed by atoms with E-state index in [4.69, 9.17) is 0 Å². The predicted molar refractivity (Wildman–Crippen MR) is 106 cm³/mol. The Hall–Kier alpha value is -2.20. The minimum Gasteiger partial charge on any atom is -0.339 e. The maximum absolute atomic E-state index is 12.8. The van der Waals surface area contributed by atoms with Gasteiger partial charge in [-0.25, -0.2) is 0 Å². The second kappa shape index (κ2) is 6.75. The first-order valence-corrected chi connectivity index (χ1v) is 10.3. The number of carbonyl (C=O) groups is 1. The fourth-order valence-electron chi connectivity index (χ4n) is 5.52. The van der Waals surface area contributed by atoms with Crippen molar-refractivity contribution >= 4 is 5.91 Å². The van der Waals surface area contributed by atoms with E-state index < -0.39 is 0 Å². The molecule has 2 saturated heterocycles. The van der Waals surface area contributed by atoms with Crippen LogP contribution in [0.1, 0.15) is 59.6 Å². The second-order valence-corrected chi connectivity index (χ2v) is 8.36. The van der Waals surface area contributed by atoms with Crippen LogP contribution in [-0.4, -0.2) is 46.9 Å². The first-order chi connectivity index (χ1) is 13.3. The highest BCUT2D eigenvalue weighted by Crippen LogP contribution is 2.53. The fraction of sp³-hybridized carbons (Fsp3) is 0.478. The molecule has 1 aromatic heterocycles. The van der Waals surface area contributed by atoms with Crippen LogP contribution in [0.2, 0.25) is 0 Å². The first kappa shape index (κ1) is 16.9. The number of aromatic nitrogens is 1. The summed E-state index contributed by atoms with van der Waals surface area (Å²) >= 11 is 0. The number of hydrogen-bond acceptors (Lipinski definition) is 3. The van der Waals surface area contributed by atoms with Crippen LogP contribution in [0.15, 0.2) is 48.8 Å². The smallest absolute Gasteiger partial charge is 0.255 e. The predicted octanol–water partition coefficient (Wildman–Crippen LogP) is 3.80. The minimum absolute atomic E-state index is 0.125. The molecule has 0 unspecified atom stereocenters. The summed E-state index contributed by atoms with van der Waals surface area (Å²) in [6.45, 7) is 4.16. The van der Waals surface area contributed by atoms with Crippen LogP contribution >= 0.6 is 0 Å². The normalized spacial score (nSPS) is 24.3. The lowest BCUT2D eigenvalue weighted by Gasteiger charge is -2.40. The molecule has 3 aliphatic rings.